The van der Waals surface area contributed by atoms with Gasteiger partial charge in [-0.25, -0.2) is 0 Å². The Bertz CT molecular complexity index is 595. The lowest BCUT2D eigenvalue weighted by molar-refractivity contribution is 0.148. The van der Waals surface area contributed by atoms with Crippen LogP contribution in [0.4, 0.5) is 0 Å². The van der Waals surface area contributed by atoms with Crippen LogP contribution in [0.1, 0.15) is 17.5 Å². The van der Waals surface area contributed by atoms with Crippen molar-refractivity contribution < 1.29 is 4.74 Å². The van der Waals surface area contributed by atoms with Crippen LogP contribution in [0.5, 0.6) is 0 Å². The molecule has 2 fully saturated rings. The highest BCUT2D eigenvalue weighted by atomic mass is 127. The first-order valence-corrected chi connectivity index (χ1v) is 10.1. The maximum Gasteiger partial charge on any atom is 0.193 e. The van der Waals surface area contributed by atoms with E-state index in [0.29, 0.717) is 5.92 Å². The van der Waals surface area contributed by atoms with E-state index in [0.717, 1.165) is 58.3 Å². The van der Waals surface area contributed by atoms with Gasteiger partial charge in [0.15, 0.2) is 5.96 Å². The van der Waals surface area contributed by atoms with Crippen molar-refractivity contribution in [1.82, 2.24) is 20.0 Å². The van der Waals surface area contributed by atoms with Crippen LogP contribution in [0.3, 0.4) is 0 Å². The standard InChI is InChI=1S/C21H35N5O.HI/c1-22-21(25(3)15-20-8-13-27-17-20)23-14-18-4-6-19(7-5-18)16-26-11-9-24(2)10-12-26;/h4-7,20H,8-17H2,1-3H3,(H,22,23);1H. The molecule has 1 N–H and O–H groups in total. The molecule has 0 saturated carbocycles. The van der Waals surface area contributed by atoms with Crippen LogP contribution in [0.25, 0.3) is 0 Å². The number of hydrogen-bond donors (Lipinski definition) is 1. The number of halogens is 1. The Kier molecular flexibility index (Phi) is 9.98. The van der Waals surface area contributed by atoms with Crippen molar-refractivity contribution in [2.75, 3.05) is 67.1 Å². The number of rotatable bonds is 6. The van der Waals surface area contributed by atoms with Crippen molar-refractivity contribution in [1.29, 1.82) is 0 Å². The number of piperazine rings is 1. The molecule has 1 atom stereocenters. The summed E-state index contributed by atoms with van der Waals surface area (Å²) in [5.41, 5.74) is 2.68. The summed E-state index contributed by atoms with van der Waals surface area (Å²) in [6, 6.07) is 8.99. The molecule has 1 unspecified atom stereocenters. The van der Waals surface area contributed by atoms with Crippen LogP contribution in [-0.4, -0.2) is 87.7 Å². The fourth-order valence-electron chi connectivity index (χ4n) is 3.79. The van der Waals surface area contributed by atoms with Gasteiger partial charge in [-0.3, -0.25) is 9.89 Å². The first kappa shape index (κ1) is 23.4. The predicted octanol–water partition coefficient (Wildman–Crippen LogP) is 2.10. The molecule has 28 heavy (non-hydrogen) atoms. The van der Waals surface area contributed by atoms with Gasteiger partial charge in [0.05, 0.1) is 6.61 Å². The monoisotopic (exact) mass is 501 g/mol. The highest BCUT2D eigenvalue weighted by Crippen LogP contribution is 2.13. The number of likely N-dealkylation sites (N-methyl/N-ethyl adjacent to an activating group) is 1. The fraction of sp³-hybridized carbons (Fsp3) is 0.667. The van der Waals surface area contributed by atoms with Gasteiger partial charge in [0.1, 0.15) is 0 Å². The van der Waals surface area contributed by atoms with Crippen LogP contribution in [-0.2, 0) is 17.8 Å². The average molecular weight is 501 g/mol. The molecule has 2 saturated heterocycles. The molecule has 0 radical (unpaired) electrons. The summed E-state index contributed by atoms with van der Waals surface area (Å²) in [6.45, 7) is 9.26. The summed E-state index contributed by atoms with van der Waals surface area (Å²) >= 11 is 0. The van der Waals surface area contributed by atoms with E-state index >= 15 is 0 Å². The van der Waals surface area contributed by atoms with E-state index in [2.05, 4.69) is 63.4 Å². The van der Waals surface area contributed by atoms with Crippen molar-refractivity contribution >= 4 is 29.9 Å². The summed E-state index contributed by atoms with van der Waals surface area (Å²) in [7, 11) is 6.15. The van der Waals surface area contributed by atoms with Crippen molar-refractivity contribution in [2.45, 2.75) is 19.5 Å². The molecule has 158 valence electrons. The Labute approximate surface area is 187 Å². The second kappa shape index (κ2) is 11.9. The van der Waals surface area contributed by atoms with Crippen molar-refractivity contribution in [3.8, 4) is 0 Å². The Hall–Kier alpha value is -0.900. The van der Waals surface area contributed by atoms with Gasteiger partial charge < -0.3 is 19.9 Å². The van der Waals surface area contributed by atoms with Crippen molar-refractivity contribution in [3.05, 3.63) is 35.4 Å². The Morgan fingerprint density at radius 2 is 1.86 bits per heavy atom. The van der Waals surface area contributed by atoms with E-state index in [9.17, 15) is 0 Å². The molecule has 0 bridgehead atoms. The number of guanidine groups is 1. The minimum atomic E-state index is 0. The maximum absolute atomic E-state index is 5.48. The summed E-state index contributed by atoms with van der Waals surface area (Å²) in [6.07, 6.45) is 1.15. The topological polar surface area (TPSA) is 43.3 Å². The normalized spacial score (nSPS) is 21.4. The number of hydrogen-bond acceptors (Lipinski definition) is 4. The number of ether oxygens (including phenoxy) is 1. The van der Waals surface area contributed by atoms with Crippen LogP contribution in [0.2, 0.25) is 0 Å². The van der Waals surface area contributed by atoms with E-state index < -0.39 is 0 Å². The first-order valence-electron chi connectivity index (χ1n) is 10.1. The van der Waals surface area contributed by atoms with Crippen LogP contribution in [0.15, 0.2) is 29.3 Å². The second-order valence-electron chi connectivity index (χ2n) is 7.91. The smallest absolute Gasteiger partial charge is 0.193 e. The quantitative estimate of drug-likeness (QED) is 0.368. The fourth-order valence-corrected chi connectivity index (χ4v) is 3.79. The SMILES string of the molecule is CN=C(NCc1ccc(CN2CCN(C)CC2)cc1)N(C)CC1CCOC1.I. The third-order valence-electron chi connectivity index (χ3n) is 5.61. The van der Waals surface area contributed by atoms with Gasteiger partial charge in [-0.1, -0.05) is 24.3 Å². The number of aliphatic imine (C=N–C) groups is 1. The molecule has 3 rings (SSSR count). The number of benzene rings is 1. The largest absolute Gasteiger partial charge is 0.381 e. The van der Waals surface area contributed by atoms with E-state index in [1.165, 1.54) is 24.2 Å². The summed E-state index contributed by atoms with van der Waals surface area (Å²) in [4.78, 5) is 11.6. The highest BCUT2D eigenvalue weighted by molar-refractivity contribution is 14.0. The molecule has 0 spiro atoms. The van der Waals surface area contributed by atoms with Crippen LogP contribution < -0.4 is 5.32 Å². The summed E-state index contributed by atoms with van der Waals surface area (Å²) < 4.78 is 5.48. The highest BCUT2D eigenvalue weighted by Gasteiger charge is 2.19. The zero-order valence-electron chi connectivity index (χ0n) is 17.6. The minimum Gasteiger partial charge on any atom is -0.381 e. The van der Waals surface area contributed by atoms with Gasteiger partial charge in [-0.15, -0.1) is 24.0 Å². The van der Waals surface area contributed by atoms with E-state index in [4.69, 9.17) is 4.74 Å². The number of nitrogens with zero attached hydrogens (tertiary/aromatic N) is 4. The lowest BCUT2D eigenvalue weighted by Gasteiger charge is -2.32. The van der Waals surface area contributed by atoms with Gasteiger partial charge in [0.2, 0.25) is 0 Å². The van der Waals surface area contributed by atoms with E-state index in [1.54, 1.807) is 0 Å². The predicted molar refractivity (Wildman–Crippen MR) is 126 cm³/mol. The molecule has 1 aromatic carbocycles. The Morgan fingerprint density at radius 3 is 2.46 bits per heavy atom. The molecule has 2 heterocycles. The Morgan fingerprint density at radius 1 is 1.18 bits per heavy atom. The zero-order chi connectivity index (χ0) is 19.1. The molecule has 0 aliphatic carbocycles. The lowest BCUT2D eigenvalue weighted by atomic mass is 10.1. The molecule has 2 aliphatic heterocycles. The lowest BCUT2D eigenvalue weighted by Crippen LogP contribution is -2.43. The number of nitrogens with one attached hydrogen (secondary N) is 1. The van der Waals surface area contributed by atoms with Crippen LogP contribution >= 0.6 is 24.0 Å². The van der Waals surface area contributed by atoms with E-state index in [1.807, 2.05) is 7.05 Å². The van der Waals surface area contributed by atoms with Gasteiger partial charge in [-0.2, -0.15) is 0 Å². The third-order valence-corrected chi connectivity index (χ3v) is 5.61. The molecule has 0 amide bonds. The first-order chi connectivity index (χ1) is 13.1. The molecule has 1 aromatic rings. The minimum absolute atomic E-state index is 0. The maximum atomic E-state index is 5.48. The molecule has 7 heteroatoms. The molecule has 0 aromatic heterocycles. The van der Waals surface area contributed by atoms with Gasteiger partial charge >= 0.3 is 0 Å². The van der Waals surface area contributed by atoms with Gasteiger partial charge in [0, 0.05) is 72.4 Å². The third kappa shape index (κ3) is 7.17. The molecule has 2 aliphatic rings. The van der Waals surface area contributed by atoms with Crippen molar-refractivity contribution in [3.63, 3.8) is 0 Å². The average Bonchev–Trinajstić information content (AvgIpc) is 3.18. The molecule has 6 nitrogen and oxygen atoms in total. The van der Waals surface area contributed by atoms with Gasteiger partial charge in [0.25, 0.3) is 0 Å². The van der Waals surface area contributed by atoms with Crippen molar-refractivity contribution in [2.24, 2.45) is 10.9 Å². The van der Waals surface area contributed by atoms with E-state index in [-0.39, 0.29) is 24.0 Å². The van der Waals surface area contributed by atoms with Gasteiger partial charge in [-0.05, 0) is 24.6 Å². The summed E-state index contributed by atoms with van der Waals surface area (Å²) in [5.74, 6) is 1.56. The Balaban J connectivity index is 0.00000280. The summed E-state index contributed by atoms with van der Waals surface area (Å²) in [5, 5.41) is 3.48. The molecular formula is C21H36IN5O. The second-order valence-corrected chi connectivity index (χ2v) is 7.91. The van der Waals surface area contributed by atoms with Crippen LogP contribution in [0, 0.1) is 5.92 Å². The zero-order valence-corrected chi connectivity index (χ0v) is 19.9. The molecular weight excluding hydrogens is 465 g/mol.